The minimum absolute atomic E-state index is 0.243. The summed E-state index contributed by atoms with van der Waals surface area (Å²) in [6.07, 6.45) is 3.74. The molecule has 0 radical (unpaired) electrons. The number of hydrogen-bond donors (Lipinski definition) is 1. The maximum Gasteiger partial charge on any atom is 0.133 e. The molecular weight excluding hydrogens is 303 g/mol. The maximum atomic E-state index is 14.5. The molecular formula is C20H19FN2O. The quantitative estimate of drug-likeness (QED) is 0.778. The Morgan fingerprint density at radius 1 is 1.12 bits per heavy atom. The van der Waals surface area contributed by atoms with Gasteiger partial charge >= 0.3 is 0 Å². The van der Waals surface area contributed by atoms with Crippen LogP contribution in [0.2, 0.25) is 0 Å². The average Bonchev–Trinajstić information content (AvgIpc) is 3.12. The van der Waals surface area contributed by atoms with Gasteiger partial charge < -0.3 is 9.67 Å². The minimum Gasteiger partial charge on any atom is -0.379 e. The third-order valence-electron chi connectivity index (χ3n) is 4.96. The van der Waals surface area contributed by atoms with Crippen molar-refractivity contribution in [2.75, 3.05) is 0 Å². The van der Waals surface area contributed by atoms with E-state index in [4.69, 9.17) is 0 Å². The fraction of sp³-hybridized carbons (Fsp3) is 0.250. The lowest BCUT2D eigenvalue weighted by Crippen LogP contribution is -2.24. The molecule has 24 heavy (non-hydrogen) atoms. The summed E-state index contributed by atoms with van der Waals surface area (Å²) in [6, 6.07) is 12.8. The molecule has 0 saturated heterocycles. The van der Waals surface area contributed by atoms with Crippen LogP contribution in [-0.4, -0.2) is 14.7 Å². The Morgan fingerprint density at radius 2 is 1.83 bits per heavy atom. The highest BCUT2D eigenvalue weighted by atomic mass is 19.1. The predicted molar refractivity (Wildman–Crippen MR) is 90.3 cm³/mol. The van der Waals surface area contributed by atoms with Gasteiger partial charge in [0, 0.05) is 12.0 Å². The van der Waals surface area contributed by atoms with Gasteiger partial charge in [-0.15, -0.1) is 0 Å². The number of imidazole rings is 1. The van der Waals surface area contributed by atoms with Gasteiger partial charge in [-0.25, -0.2) is 9.37 Å². The Balaban J connectivity index is 1.83. The van der Waals surface area contributed by atoms with Gasteiger partial charge in [-0.2, -0.15) is 0 Å². The highest BCUT2D eigenvalue weighted by Gasteiger charge is 2.45. The van der Waals surface area contributed by atoms with E-state index in [0.29, 0.717) is 17.7 Å². The molecule has 3 nitrogen and oxygen atoms in total. The molecule has 1 aromatic heterocycles. The molecule has 0 saturated carbocycles. The number of halogens is 1. The van der Waals surface area contributed by atoms with Crippen molar-refractivity contribution in [2.45, 2.75) is 31.9 Å². The predicted octanol–water partition coefficient (Wildman–Crippen LogP) is 3.87. The lowest BCUT2D eigenvalue weighted by molar-refractivity contribution is 0.0792. The average molecular weight is 322 g/mol. The molecule has 0 fully saturated rings. The summed E-state index contributed by atoms with van der Waals surface area (Å²) >= 11 is 0. The first kappa shape index (κ1) is 15.1. The first-order chi connectivity index (χ1) is 11.5. The van der Waals surface area contributed by atoms with Crippen molar-refractivity contribution in [3.8, 4) is 0 Å². The Labute approximate surface area is 140 Å². The van der Waals surface area contributed by atoms with E-state index < -0.39 is 5.60 Å². The van der Waals surface area contributed by atoms with E-state index in [9.17, 15) is 9.50 Å². The van der Waals surface area contributed by atoms with Crippen molar-refractivity contribution < 1.29 is 9.50 Å². The highest BCUT2D eigenvalue weighted by molar-refractivity contribution is 5.40. The Kier molecular flexibility index (Phi) is 3.32. The normalized spacial score (nSPS) is 22.6. The van der Waals surface area contributed by atoms with E-state index in [1.807, 2.05) is 48.7 Å². The van der Waals surface area contributed by atoms with E-state index in [-0.39, 0.29) is 11.9 Å². The molecule has 0 amide bonds. The Morgan fingerprint density at radius 3 is 2.54 bits per heavy atom. The second kappa shape index (κ2) is 5.28. The summed E-state index contributed by atoms with van der Waals surface area (Å²) in [4.78, 5) is 4.19. The lowest BCUT2D eigenvalue weighted by Gasteiger charge is -2.23. The monoisotopic (exact) mass is 322 g/mol. The van der Waals surface area contributed by atoms with Crippen LogP contribution in [-0.2, 0) is 5.60 Å². The van der Waals surface area contributed by atoms with Gasteiger partial charge in [0.1, 0.15) is 11.4 Å². The molecule has 1 N–H and O–H groups in total. The van der Waals surface area contributed by atoms with Crippen LogP contribution >= 0.6 is 0 Å². The second-order valence-electron chi connectivity index (χ2n) is 6.66. The summed E-state index contributed by atoms with van der Waals surface area (Å²) in [5.41, 5.74) is 2.96. The molecule has 2 heterocycles. The molecule has 4 heteroatoms. The van der Waals surface area contributed by atoms with Crippen molar-refractivity contribution in [3.05, 3.63) is 88.8 Å². The van der Waals surface area contributed by atoms with Gasteiger partial charge in [0.15, 0.2) is 0 Å². The summed E-state index contributed by atoms with van der Waals surface area (Å²) in [5, 5.41) is 11.4. The second-order valence-corrected chi connectivity index (χ2v) is 6.66. The van der Waals surface area contributed by atoms with Crippen LogP contribution in [0.15, 0.2) is 55.0 Å². The van der Waals surface area contributed by atoms with Gasteiger partial charge in [-0.1, -0.05) is 42.0 Å². The summed E-state index contributed by atoms with van der Waals surface area (Å²) in [7, 11) is 0. The van der Waals surface area contributed by atoms with E-state index in [1.165, 1.54) is 6.07 Å². The van der Waals surface area contributed by atoms with Crippen LogP contribution in [0.5, 0.6) is 0 Å². The van der Waals surface area contributed by atoms with E-state index >= 15 is 0 Å². The van der Waals surface area contributed by atoms with Crippen LogP contribution in [0.3, 0.4) is 0 Å². The number of rotatable bonds is 2. The fourth-order valence-electron chi connectivity index (χ4n) is 3.61. The molecule has 0 unspecified atom stereocenters. The first-order valence-corrected chi connectivity index (χ1v) is 8.07. The molecule has 1 aliphatic rings. The van der Waals surface area contributed by atoms with Crippen LogP contribution in [0.1, 0.15) is 40.4 Å². The van der Waals surface area contributed by atoms with Gasteiger partial charge in [0.25, 0.3) is 0 Å². The zero-order valence-corrected chi connectivity index (χ0v) is 13.7. The van der Waals surface area contributed by atoms with Gasteiger partial charge in [-0.05, 0) is 31.0 Å². The standard InChI is InChI=1S/C20H19FN2O/c1-13-3-6-15(7-4-13)20(24)10-18(23-12-22-11-19(20)23)16-8-5-14(2)9-17(16)21/h3-9,11-12,18,24H,10H2,1-2H3/t18-,20+/m1/s1. The molecule has 0 aliphatic carbocycles. The SMILES string of the molecule is Cc1ccc([C@@]2(O)C[C@H](c3ccc(C)cc3F)n3cncc32)cc1. The molecule has 4 rings (SSSR count). The number of aryl methyl sites for hydroxylation is 2. The largest absolute Gasteiger partial charge is 0.379 e. The number of aromatic nitrogens is 2. The van der Waals surface area contributed by atoms with Crippen molar-refractivity contribution in [2.24, 2.45) is 0 Å². The van der Waals surface area contributed by atoms with E-state index in [2.05, 4.69) is 4.98 Å². The van der Waals surface area contributed by atoms with Crippen LogP contribution in [0.25, 0.3) is 0 Å². The van der Waals surface area contributed by atoms with Crippen LogP contribution < -0.4 is 0 Å². The fourth-order valence-corrected chi connectivity index (χ4v) is 3.61. The Bertz CT molecular complexity index is 900. The van der Waals surface area contributed by atoms with Crippen molar-refractivity contribution in [1.29, 1.82) is 0 Å². The third-order valence-corrected chi connectivity index (χ3v) is 4.96. The number of hydrogen-bond acceptors (Lipinski definition) is 2. The molecule has 3 aromatic rings. The number of benzene rings is 2. The zero-order valence-electron chi connectivity index (χ0n) is 13.7. The number of aliphatic hydroxyl groups is 1. The zero-order chi connectivity index (χ0) is 16.9. The molecule has 0 spiro atoms. The van der Waals surface area contributed by atoms with Gasteiger partial charge in [0.2, 0.25) is 0 Å². The van der Waals surface area contributed by atoms with E-state index in [1.54, 1.807) is 18.6 Å². The molecule has 0 bridgehead atoms. The van der Waals surface area contributed by atoms with E-state index in [0.717, 1.165) is 16.7 Å². The highest BCUT2D eigenvalue weighted by Crippen LogP contribution is 2.46. The minimum atomic E-state index is -1.16. The van der Waals surface area contributed by atoms with Crippen molar-refractivity contribution in [3.63, 3.8) is 0 Å². The van der Waals surface area contributed by atoms with Crippen LogP contribution in [0, 0.1) is 19.7 Å². The van der Waals surface area contributed by atoms with Crippen molar-refractivity contribution in [1.82, 2.24) is 9.55 Å². The topological polar surface area (TPSA) is 38.0 Å². The number of fused-ring (bicyclic) bond motifs is 1. The molecule has 122 valence electrons. The number of nitrogens with zero attached hydrogens (tertiary/aromatic N) is 2. The Hall–Kier alpha value is -2.46. The molecule has 2 atom stereocenters. The van der Waals surface area contributed by atoms with Gasteiger partial charge in [0.05, 0.1) is 24.3 Å². The lowest BCUT2D eigenvalue weighted by atomic mass is 9.86. The van der Waals surface area contributed by atoms with Gasteiger partial charge in [-0.3, -0.25) is 0 Å². The smallest absolute Gasteiger partial charge is 0.133 e. The molecule has 2 aromatic carbocycles. The first-order valence-electron chi connectivity index (χ1n) is 8.07. The van der Waals surface area contributed by atoms with Crippen molar-refractivity contribution >= 4 is 0 Å². The maximum absolute atomic E-state index is 14.5. The summed E-state index contributed by atoms with van der Waals surface area (Å²) < 4.78 is 16.4. The summed E-state index contributed by atoms with van der Waals surface area (Å²) in [6.45, 7) is 3.88. The third kappa shape index (κ3) is 2.18. The molecule has 1 aliphatic heterocycles. The van der Waals surface area contributed by atoms with Crippen LogP contribution in [0.4, 0.5) is 4.39 Å². The summed E-state index contributed by atoms with van der Waals surface area (Å²) in [5.74, 6) is -0.243.